The lowest BCUT2D eigenvalue weighted by molar-refractivity contribution is -0.138. The maximum atomic E-state index is 11.5. The van der Waals surface area contributed by atoms with Crippen LogP contribution in [-0.4, -0.2) is 58.5 Å². The molecule has 2 aliphatic heterocycles. The van der Waals surface area contributed by atoms with Crippen LogP contribution in [0.25, 0.3) is 0 Å². The molecule has 0 aromatic heterocycles. The molecule has 0 aliphatic carbocycles. The predicted octanol–water partition coefficient (Wildman–Crippen LogP) is 0.372. The van der Waals surface area contributed by atoms with Crippen molar-refractivity contribution in [3.8, 4) is 0 Å². The van der Waals surface area contributed by atoms with Gasteiger partial charge < -0.3 is 10.0 Å². The lowest BCUT2D eigenvalue weighted by Crippen LogP contribution is -2.38. The van der Waals surface area contributed by atoms with E-state index in [0.29, 0.717) is 19.4 Å². The Labute approximate surface area is 108 Å². The number of rotatable bonds is 3. The molecule has 5 heteroatoms. The van der Waals surface area contributed by atoms with Gasteiger partial charge in [0.05, 0.1) is 5.60 Å². The van der Waals surface area contributed by atoms with Gasteiger partial charge in [0, 0.05) is 32.5 Å². The van der Waals surface area contributed by atoms with E-state index in [2.05, 4.69) is 4.90 Å². The first-order valence-corrected chi connectivity index (χ1v) is 6.76. The molecule has 1 atom stereocenters. The zero-order valence-electron chi connectivity index (χ0n) is 11.0. The van der Waals surface area contributed by atoms with Crippen molar-refractivity contribution in [3.05, 3.63) is 0 Å². The SMILES string of the molecule is CC1(O)CCCN(CCN2C(=O)CCC2=O)CC1. The highest BCUT2D eigenvalue weighted by atomic mass is 16.3. The van der Waals surface area contributed by atoms with Crippen LogP contribution in [0.5, 0.6) is 0 Å². The van der Waals surface area contributed by atoms with Crippen LogP contribution in [0.2, 0.25) is 0 Å². The summed E-state index contributed by atoms with van der Waals surface area (Å²) in [5.41, 5.74) is -0.561. The number of carbonyl (C=O) groups is 2. The van der Waals surface area contributed by atoms with Gasteiger partial charge in [0.1, 0.15) is 0 Å². The fraction of sp³-hybridized carbons (Fsp3) is 0.846. The molecule has 18 heavy (non-hydrogen) atoms. The van der Waals surface area contributed by atoms with Crippen LogP contribution in [0, 0.1) is 0 Å². The normalized spacial score (nSPS) is 30.9. The molecule has 1 N–H and O–H groups in total. The lowest BCUT2D eigenvalue weighted by atomic mass is 9.98. The standard InChI is InChI=1S/C13H22N2O3/c1-13(18)5-2-7-14(8-6-13)9-10-15-11(16)3-4-12(15)17/h18H,2-10H2,1H3. The second-order valence-electron chi connectivity index (χ2n) is 5.63. The molecule has 2 aliphatic rings. The minimum atomic E-state index is -0.561. The van der Waals surface area contributed by atoms with Gasteiger partial charge in [0.25, 0.3) is 0 Å². The van der Waals surface area contributed by atoms with Crippen molar-refractivity contribution in [2.75, 3.05) is 26.2 Å². The second kappa shape index (κ2) is 5.36. The topological polar surface area (TPSA) is 60.9 Å². The molecule has 2 amide bonds. The van der Waals surface area contributed by atoms with Gasteiger partial charge >= 0.3 is 0 Å². The van der Waals surface area contributed by atoms with E-state index in [1.165, 1.54) is 4.90 Å². The van der Waals surface area contributed by atoms with Crippen molar-refractivity contribution < 1.29 is 14.7 Å². The van der Waals surface area contributed by atoms with Gasteiger partial charge in [-0.2, -0.15) is 0 Å². The number of likely N-dealkylation sites (tertiary alicyclic amines) is 2. The van der Waals surface area contributed by atoms with Crippen molar-refractivity contribution in [1.82, 2.24) is 9.80 Å². The molecule has 0 radical (unpaired) electrons. The largest absolute Gasteiger partial charge is 0.390 e. The second-order valence-corrected chi connectivity index (χ2v) is 5.63. The molecule has 0 aromatic carbocycles. The van der Waals surface area contributed by atoms with Gasteiger partial charge in [-0.1, -0.05) is 0 Å². The van der Waals surface area contributed by atoms with Crippen LogP contribution in [-0.2, 0) is 9.59 Å². The average molecular weight is 254 g/mol. The highest BCUT2D eigenvalue weighted by Gasteiger charge is 2.30. The van der Waals surface area contributed by atoms with Gasteiger partial charge in [-0.25, -0.2) is 0 Å². The van der Waals surface area contributed by atoms with Crippen LogP contribution < -0.4 is 0 Å². The fourth-order valence-corrected chi connectivity index (χ4v) is 2.66. The maximum absolute atomic E-state index is 11.5. The number of hydrogen-bond acceptors (Lipinski definition) is 4. The van der Waals surface area contributed by atoms with Gasteiger partial charge in [0.2, 0.25) is 11.8 Å². The Morgan fingerprint density at radius 2 is 1.78 bits per heavy atom. The van der Waals surface area contributed by atoms with Crippen LogP contribution in [0.1, 0.15) is 39.0 Å². The van der Waals surface area contributed by atoms with Crippen molar-refractivity contribution in [2.45, 2.75) is 44.6 Å². The maximum Gasteiger partial charge on any atom is 0.229 e. The molecule has 0 spiro atoms. The number of imide groups is 1. The summed E-state index contributed by atoms with van der Waals surface area (Å²) in [6.45, 7) is 4.88. The van der Waals surface area contributed by atoms with Gasteiger partial charge in [-0.3, -0.25) is 14.5 Å². The molecule has 2 rings (SSSR count). The zero-order valence-corrected chi connectivity index (χ0v) is 11.0. The molecule has 0 saturated carbocycles. The quantitative estimate of drug-likeness (QED) is 0.739. The van der Waals surface area contributed by atoms with Crippen molar-refractivity contribution in [2.24, 2.45) is 0 Å². The predicted molar refractivity (Wildman–Crippen MR) is 66.9 cm³/mol. The molecule has 0 aromatic rings. The summed E-state index contributed by atoms with van der Waals surface area (Å²) in [7, 11) is 0. The van der Waals surface area contributed by atoms with Gasteiger partial charge in [-0.05, 0) is 32.7 Å². The number of nitrogens with zero attached hydrogens (tertiary/aromatic N) is 2. The zero-order chi connectivity index (χ0) is 13.2. The summed E-state index contributed by atoms with van der Waals surface area (Å²) in [4.78, 5) is 26.6. The molecule has 1 unspecified atom stereocenters. The Morgan fingerprint density at radius 1 is 1.11 bits per heavy atom. The molecule has 0 bridgehead atoms. The summed E-state index contributed by atoms with van der Waals surface area (Å²) >= 11 is 0. The third kappa shape index (κ3) is 3.29. The van der Waals surface area contributed by atoms with E-state index in [4.69, 9.17) is 0 Å². The van der Waals surface area contributed by atoms with Crippen LogP contribution in [0.15, 0.2) is 0 Å². The van der Waals surface area contributed by atoms with Crippen molar-refractivity contribution in [1.29, 1.82) is 0 Å². The minimum absolute atomic E-state index is 0.0400. The Balaban J connectivity index is 1.80. The van der Waals surface area contributed by atoms with E-state index in [0.717, 1.165) is 38.9 Å². The molecule has 2 saturated heterocycles. The first kappa shape index (κ1) is 13.5. The summed E-state index contributed by atoms with van der Waals surface area (Å²) in [6.07, 6.45) is 3.29. The van der Waals surface area contributed by atoms with Crippen molar-refractivity contribution in [3.63, 3.8) is 0 Å². The van der Waals surface area contributed by atoms with Gasteiger partial charge in [0.15, 0.2) is 0 Å². The summed E-state index contributed by atoms with van der Waals surface area (Å²) in [6, 6.07) is 0. The molecule has 102 valence electrons. The van der Waals surface area contributed by atoms with Crippen LogP contribution >= 0.6 is 0 Å². The van der Waals surface area contributed by atoms with E-state index in [1.54, 1.807) is 0 Å². The Morgan fingerprint density at radius 3 is 2.44 bits per heavy atom. The third-order valence-electron chi connectivity index (χ3n) is 3.95. The van der Waals surface area contributed by atoms with E-state index >= 15 is 0 Å². The van der Waals surface area contributed by atoms with E-state index in [1.807, 2.05) is 6.92 Å². The first-order chi connectivity index (χ1) is 8.48. The van der Waals surface area contributed by atoms with Crippen LogP contribution in [0.4, 0.5) is 0 Å². The monoisotopic (exact) mass is 254 g/mol. The number of amides is 2. The molecule has 2 heterocycles. The third-order valence-corrected chi connectivity index (χ3v) is 3.95. The number of carbonyl (C=O) groups excluding carboxylic acids is 2. The van der Waals surface area contributed by atoms with E-state index < -0.39 is 5.60 Å². The number of aliphatic hydroxyl groups is 1. The number of hydrogen-bond donors (Lipinski definition) is 1. The molecular formula is C13H22N2O3. The molecule has 2 fully saturated rings. The summed E-state index contributed by atoms with van der Waals surface area (Å²) < 4.78 is 0. The lowest BCUT2D eigenvalue weighted by Gasteiger charge is -2.24. The first-order valence-electron chi connectivity index (χ1n) is 6.76. The Hall–Kier alpha value is -0.940. The van der Waals surface area contributed by atoms with E-state index in [-0.39, 0.29) is 11.8 Å². The average Bonchev–Trinajstić information content (AvgIpc) is 2.52. The Kier molecular flexibility index (Phi) is 4.02. The smallest absolute Gasteiger partial charge is 0.229 e. The summed E-state index contributed by atoms with van der Waals surface area (Å²) in [5, 5.41) is 9.99. The van der Waals surface area contributed by atoms with Crippen LogP contribution in [0.3, 0.4) is 0 Å². The highest BCUT2D eigenvalue weighted by Crippen LogP contribution is 2.21. The Bertz CT molecular complexity index is 325. The van der Waals surface area contributed by atoms with E-state index in [9.17, 15) is 14.7 Å². The minimum Gasteiger partial charge on any atom is -0.390 e. The molecular weight excluding hydrogens is 232 g/mol. The highest BCUT2D eigenvalue weighted by molar-refractivity contribution is 6.01. The fourth-order valence-electron chi connectivity index (χ4n) is 2.66. The van der Waals surface area contributed by atoms with Gasteiger partial charge in [-0.15, -0.1) is 0 Å². The summed E-state index contributed by atoms with van der Waals surface area (Å²) in [5.74, 6) is -0.0800. The molecule has 5 nitrogen and oxygen atoms in total. The van der Waals surface area contributed by atoms with Crippen molar-refractivity contribution >= 4 is 11.8 Å².